The van der Waals surface area contributed by atoms with E-state index < -0.39 is 17.6 Å². The molecule has 36 heavy (non-hydrogen) atoms. The molecule has 2 heterocycles. The van der Waals surface area contributed by atoms with Crippen molar-refractivity contribution in [2.45, 2.75) is 13.1 Å². The lowest BCUT2D eigenvalue weighted by molar-refractivity contribution is -0.137. The number of carbonyl (C=O) groups is 1. The number of nitrogens with zero attached hydrogens (tertiary/aromatic N) is 3. The zero-order chi connectivity index (χ0) is 25.6. The van der Waals surface area contributed by atoms with Crippen LogP contribution in [0, 0.1) is 6.92 Å². The average molecular weight is 490 g/mol. The maximum atomic E-state index is 13.4. The highest BCUT2D eigenvalue weighted by Gasteiger charge is 2.32. The number of hydrogen-bond donors (Lipinski definition) is 2. The molecule has 0 unspecified atom stereocenters. The molecule has 1 amide bonds. The van der Waals surface area contributed by atoms with Crippen molar-refractivity contribution >= 4 is 39.2 Å². The summed E-state index contributed by atoms with van der Waals surface area (Å²) in [5, 5.41) is 4.67. The van der Waals surface area contributed by atoms with E-state index in [-0.39, 0.29) is 11.3 Å². The number of hydrogen-bond acceptors (Lipinski definition) is 4. The fourth-order valence-electron chi connectivity index (χ4n) is 4.18. The van der Waals surface area contributed by atoms with Gasteiger partial charge in [-0.2, -0.15) is 13.2 Å². The summed E-state index contributed by atoms with van der Waals surface area (Å²) in [4.78, 5) is 26.1. The van der Waals surface area contributed by atoms with Crippen LogP contribution in [0.15, 0.2) is 67.1 Å². The summed E-state index contributed by atoms with van der Waals surface area (Å²) in [5.74, 6) is -0.622. The second-order valence-electron chi connectivity index (χ2n) is 8.81. The van der Waals surface area contributed by atoms with Crippen LogP contribution in [0.25, 0.3) is 33.1 Å². The molecule has 182 valence electrons. The van der Waals surface area contributed by atoms with E-state index >= 15 is 0 Å². The van der Waals surface area contributed by atoms with E-state index in [0.29, 0.717) is 5.69 Å². The number of aromatic amines is 1. The van der Waals surface area contributed by atoms with Crippen molar-refractivity contribution in [3.8, 4) is 11.1 Å². The van der Waals surface area contributed by atoms with Gasteiger partial charge in [-0.3, -0.25) is 4.79 Å². The highest BCUT2D eigenvalue weighted by Crippen LogP contribution is 2.34. The molecule has 0 aliphatic carbocycles. The van der Waals surface area contributed by atoms with Gasteiger partial charge in [0.05, 0.1) is 5.56 Å². The second kappa shape index (κ2) is 8.67. The number of alkyl halides is 3. The van der Waals surface area contributed by atoms with Gasteiger partial charge in [-0.1, -0.05) is 18.2 Å². The Bertz CT molecular complexity index is 1620. The van der Waals surface area contributed by atoms with Crippen LogP contribution in [-0.4, -0.2) is 35.0 Å². The maximum absolute atomic E-state index is 13.4. The molecule has 0 spiro atoms. The molecule has 0 saturated heterocycles. The zero-order valence-electron chi connectivity index (χ0n) is 19.7. The minimum Gasteiger partial charge on any atom is -0.378 e. The van der Waals surface area contributed by atoms with Crippen LogP contribution in [0.5, 0.6) is 0 Å². The molecule has 9 heteroatoms. The van der Waals surface area contributed by atoms with E-state index in [1.54, 1.807) is 26.4 Å². The van der Waals surface area contributed by atoms with E-state index in [1.165, 1.54) is 17.3 Å². The van der Waals surface area contributed by atoms with Crippen LogP contribution in [0.2, 0.25) is 0 Å². The summed E-state index contributed by atoms with van der Waals surface area (Å²) in [6.45, 7) is 1.96. The van der Waals surface area contributed by atoms with Crippen molar-refractivity contribution in [3.63, 3.8) is 0 Å². The van der Waals surface area contributed by atoms with Crippen LogP contribution in [0.4, 0.5) is 24.5 Å². The SMILES string of the molecule is Cc1ccc(NC(=O)c2cc(N(C)C)cc(C(F)(F)F)c2)cc1-c1ccc2c(c1)[nH]c1ncncc12. The Morgan fingerprint density at radius 2 is 1.81 bits per heavy atom. The molecule has 0 aliphatic heterocycles. The Hall–Kier alpha value is -4.40. The summed E-state index contributed by atoms with van der Waals surface area (Å²) < 4.78 is 40.2. The van der Waals surface area contributed by atoms with Crippen LogP contribution in [0.1, 0.15) is 21.5 Å². The fourth-order valence-corrected chi connectivity index (χ4v) is 4.18. The number of fused-ring (bicyclic) bond motifs is 3. The van der Waals surface area contributed by atoms with Crippen LogP contribution >= 0.6 is 0 Å². The van der Waals surface area contributed by atoms with Gasteiger partial charge >= 0.3 is 6.18 Å². The Morgan fingerprint density at radius 3 is 2.56 bits per heavy atom. The highest BCUT2D eigenvalue weighted by molar-refractivity contribution is 6.07. The molecule has 2 aromatic heterocycles. The number of rotatable bonds is 4. The average Bonchev–Trinajstić information content (AvgIpc) is 3.22. The van der Waals surface area contributed by atoms with E-state index in [4.69, 9.17) is 0 Å². The molecule has 6 nitrogen and oxygen atoms in total. The van der Waals surface area contributed by atoms with Gasteiger partial charge in [0.1, 0.15) is 12.0 Å². The molecular formula is C27H22F3N5O. The molecule has 2 N–H and O–H groups in total. The van der Waals surface area contributed by atoms with E-state index in [1.807, 2.05) is 37.3 Å². The highest BCUT2D eigenvalue weighted by atomic mass is 19.4. The first-order valence-electron chi connectivity index (χ1n) is 11.1. The van der Waals surface area contributed by atoms with Gasteiger partial charge in [-0.05, 0) is 60.0 Å². The molecule has 5 rings (SSSR count). The van der Waals surface area contributed by atoms with Crippen LogP contribution < -0.4 is 10.2 Å². The van der Waals surface area contributed by atoms with Gasteiger partial charge in [-0.15, -0.1) is 0 Å². The second-order valence-corrected chi connectivity index (χ2v) is 8.81. The molecule has 0 saturated carbocycles. The van der Waals surface area contributed by atoms with Crippen molar-refractivity contribution in [1.82, 2.24) is 15.0 Å². The van der Waals surface area contributed by atoms with Crippen molar-refractivity contribution in [2.75, 3.05) is 24.3 Å². The van der Waals surface area contributed by atoms with E-state index in [0.717, 1.165) is 50.8 Å². The largest absolute Gasteiger partial charge is 0.416 e. The molecule has 0 fully saturated rings. The fraction of sp³-hybridized carbons (Fsp3) is 0.148. The Morgan fingerprint density at radius 1 is 1.00 bits per heavy atom. The molecule has 3 aromatic carbocycles. The Balaban J connectivity index is 1.49. The van der Waals surface area contributed by atoms with E-state index in [2.05, 4.69) is 20.3 Å². The smallest absolute Gasteiger partial charge is 0.378 e. The lowest BCUT2D eigenvalue weighted by Gasteiger charge is -2.17. The van der Waals surface area contributed by atoms with Gasteiger partial charge in [0.25, 0.3) is 5.91 Å². The molecule has 0 radical (unpaired) electrons. The molecular weight excluding hydrogens is 467 g/mol. The summed E-state index contributed by atoms with van der Waals surface area (Å²) in [6, 6.07) is 14.7. The summed E-state index contributed by atoms with van der Waals surface area (Å²) >= 11 is 0. The van der Waals surface area contributed by atoms with Gasteiger partial charge < -0.3 is 15.2 Å². The monoisotopic (exact) mass is 489 g/mol. The number of benzene rings is 3. The first kappa shape index (κ1) is 23.3. The number of H-pyrrole nitrogens is 1. The number of carbonyl (C=O) groups excluding carboxylic acids is 1. The standard InChI is InChI=1S/C27H22F3N5O/c1-15-4-6-19(33-26(36)17-8-18(27(28,29)30)11-20(9-17)35(2)3)12-22(15)16-5-7-21-23-13-31-14-32-25(23)34-24(21)10-16/h4-14H,1-3H3,(H,33,36)(H,31,32,34). The summed E-state index contributed by atoms with van der Waals surface area (Å²) in [7, 11) is 3.25. The predicted octanol–water partition coefficient (Wildman–Crippen LogP) is 6.42. The molecule has 5 aromatic rings. The topological polar surface area (TPSA) is 73.9 Å². The third kappa shape index (κ3) is 4.35. The van der Waals surface area contributed by atoms with E-state index in [9.17, 15) is 18.0 Å². The zero-order valence-corrected chi connectivity index (χ0v) is 19.7. The van der Waals surface area contributed by atoms with Gasteiger partial charge in [0.2, 0.25) is 0 Å². The quantitative estimate of drug-likeness (QED) is 0.305. The minimum atomic E-state index is -4.56. The first-order valence-corrected chi connectivity index (χ1v) is 11.1. The molecule has 0 bridgehead atoms. The number of aromatic nitrogens is 3. The number of aryl methyl sites for hydroxylation is 1. The third-order valence-corrected chi connectivity index (χ3v) is 6.11. The Labute approximate surface area is 204 Å². The molecule has 0 atom stereocenters. The lowest BCUT2D eigenvalue weighted by Crippen LogP contribution is -2.17. The van der Waals surface area contributed by atoms with Crippen molar-refractivity contribution in [2.24, 2.45) is 0 Å². The van der Waals surface area contributed by atoms with Gasteiger partial charge in [-0.25, -0.2) is 9.97 Å². The van der Waals surface area contributed by atoms with Gasteiger partial charge in [0, 0.05) is 53.5 Å². The maximum Gasteiger partial charge on any atom is 0.416 e. The number of nitrogens with one attached hydrogen (secondary N) is 2. The lowest BCUT2D eigenvalue weighted by atomic mass is 9.98. The Kier molecular flexibility index (Phi) is 5.62. The summed E-state index contributed by atoms with van der Waals surface area (Å²) in [6.07, 6.45) is -1.32. The van der Waals surface area contributed by atoms with Crippen LogP contribution in [-0.2, 0) is 6.18 Å². The summed E-state index contributed by atoms with van der Waals surface area (Å²) in [5.41, 5.74) is 4.25. The van der Waals surface area contributed by atoms with Gasteiger partial charge in [0.15, 0.2) is 0 Å². The minimum absolute atomic E-state index is 0.0729. The van der Waals surface area contributed by atoms with Crippen molar-refractivity contribution in [1.29, 1.82) is 0 Å². The number of halogens is 3. The van der Waals surface area contributed by atoms with Crippen LogP contribution in [0.3, 0.4) is 0 Å². The normalized spacial score (nSPS) is 11.7. The molecule has 0 aliphatic rings. The first-order chi connectivity index (χ1) is 17.1. The van der Waals surface area contributed by atoms with Crippen molar-refractivity contribution in [3.05, 3.63) is 83.8 Å². The predicted molar refractivity (Wildman–Crippen MR) is 135 cm³/mol. The number of amides is 1. The van der Waals surface area contributed by atoms with Crippen molar-refractivity contribution < 1.29 is 18.0 Å². The number of anilines is 2. The third-order valence-electron chi connectivity index (χ3n) is 6.11.